The van der Waals surface area contributed by atoms with Crippen molar-refractivity contribution in [3.63, 3.8) is 0 Å². The van der Waals surface area contributed by atoms with E-state index in [4.69, 9.17) is 4.74 Å². The highest BCUT2D eigenvalue weighted by atomic mass is 16.5. The van der Waals surface area contributed by atoms with Crippen LogP contribution in [0.25, 0.3) is 0 Å². The number of aliphatic hydroxyl groups excluding tert-OH is 2. The minimum Gasteiger partial charge on any atom is -0.496 e. The number of rotatable bonds is 13. The lowest BCUT2D eigenvalue weighted by Gasteiger charge is -2.34. The van der Waals surface area contributed by atoms with Crippen molar-refractivity contribution in [2.24, 2.45) is 0 Å². The Morgan fingerprint density at radius 2 is 1.81 bits per heavy atom. The van der Waals surface area contributed by atoms with Crippen LogP contribution in [0.4, 0.5) is 0 Å². The van der Waals surface area contributed by atoms with E-state index >= 15 is 0 Å². The first kappa shape index (κ1) is 24.3. The lowest BCUT2D eigenvalue weighted by atomic mass is 9.73. The molecule has 0 saturated heterocycles. The molecule has 0 saturated carbocycles. The third-order valence-corrected chi connectivity index (χ3v) is 5.53. The molecule has 2 aromatic rings. The van der Waals surface area contributed by atoms with E-state index in [1.807, 2.05) is 30.3 Å². The minimum absolute atomic E-state index is 0.108. The van der Waals surface area contributed by atoms with E-state index in [1.54, 1.807) is 24.3 Å². The number of nitrogens with one attached hydrogen (secondary N) is 1. The molecule has 6 nitrogen and oxygen atoms in total. The van der Waals surface area contributed by atoms with Crippen molar-refractivity contribution >= 4 is 11.7 Å². The SMILES string of the molecule is C=CCC(O)C(=O)CCC(CCO)(CNC(=O)c1ccccc1OC)c1ccccc1. The first-order valence-electron chi connectivity index (χ1n) is 10.4. The van der Waals surface area contributed by atoms with Gasteiger partial charge in [0, 0.05) is 25.0 Å². The van der Waals surface area contributed by atoms with Crippen molar-refractivity contribution in [1.29, 1.82) is 0 Å². The number of amides is 1. The summed E-state index contributed by atoms with van der Waals surface area (Å²) in [6, 6.07) is 16.5. The zero-order chi connectivity index (χ0) is 22.7. The fourth-order valence-corrected chi connectivity index (χ4v) is 3.69. The smallest absolute Gasteiger partial charge is 0.255 e. The summed E-state index contributed by atoms with van der Waals surface area (Å²) in [5.41, 5.74) is 0.654. The molecule has 6 heteroatoms. The van der Waals surface area contributed by atoms with E-state index < -0.39 is 11.5 Å². The van der Waals surface area contributed by atoms with Gasteiger partial charge in [0.25, 0.3) is 5.91 Å². The maximum absolute atomic E-state index is 12.9. The molecule has 0 heterocycles. The van der Waals surface area contributed by atoms with Gasteiger partial charge >= 0.3 is 0 Å². The van der Waals surface area contributed by atoms with Gasteiger partial charge in [0.05, 0.1) is 12.7 Å². The van der Waals surface area contributed by atoms with Gasteiger partial charge in [-0.2, -0.15) is 0 Å². The third kappa shape index (κ3) is 6.51. The van der Waals surface area contributed by atoms with Crippen molar-refractivity contribution < 1.29 is 24.5 Å². The van der Waals surface area contributed by atoms with Gasteiger partial charge in [0.2, 0.25) is 0 Å². The third-order valence-electron chi connectivity index (χ3n) is 5.53. The molecule has 166 valence electrons. The van der Waals surface area contributed by atoms with Gasteiger partial charge in [-0.3, -0.25) is 9.59 Å². The van der Waals surface area contributed by atoms with Crippen LogP contribution in [0.3, 0.4) is 0 Å². The van der Waals surface area contributed by atoms with Gasteiger partial charge in [0.15, 0.2) is 5.78 Å². The molecule has 0 fully saturated rings. The Hall–Kier alpha value is -2.96. The molecular weight excluding hydrogens is 394 g/mol. The molecule has 31 heavy (non-hydrogen) atoms. The lowest BCUT2D eigenvalue weighted by Crippen LogP contribution is -2.42. The number of aliphatic hydroxyl groups is 2. The number of para-hydroxylation sites is 1. The maximum atomic E-state index is 12.9. The number of carbonyl (C=O) groups is 2. The zero-order valence-corrected chi connectivity index (χ0v) is 17.9. The standard InChI is InChI=1S/C25H31NO5/c1-3-9-21(28)22(29)14-15-25(16-17-27,19-10-5-4-6-11-19)18-26-24(30)20-12-7-8-13-23(20)31-2/h3-8,10-13,21,27-28H,1,9,14-18H2,2H3,(H,26,30). The number of ether oxygens (including phenoxy) is 1. The zero-order valence-electron chi connectivity index (χ0n) is 17.9. The minimum atomic E-state index is -1.09. The van der Waals surface area contributed by atoms with Crippen molar-refractivity contribution in [3.05, 3.63) is 78.4 Å². The summed E-state index contributed by atoms with van der Waals surface area (Å²) in [5, 5.41) is 22.7. The number of hydrogen-bond donors (Lipinski definition) is 3. The average molecular weight is 426 g/mol. The van der Waals surface area contributed by atoms with Crippen LogP contribution in [-0.2, 0) is 10.2 Å². The Morgan fingerprint density at radius 1 is 1.13 bits per heavy atom. The molecule has 2 aromatic carbocycles. The second kappa shape index (κ2) is 12.0. The molecule has 0 aliphatic heterocycles. The Balaban J connectivity index is 2.27. The monoisotopic (exact) mass is 425 g/mol. The molecule has 0 aromatic heterocycles. The number of ketones is 1. The largest absolute Gasteiger partial charge is 0.496 e. The lowest BCUT2D eigenvalue weighted by molar-refractivity contribution is -0.127. The summed E-state index contributed by atoms with van der Waals surface area (Å²) in [7, 11) is 1.51. The van der Waals surface area contributed by atoms with Gasteiger partial charge in [-0.25, -0.2) is 0 Å². The van der Waals surface area contributed by atoms with E-state index in [9.17, 15) is 19.8 Å². The molecule has 3 N–H and O–H groups in total. The molecule has 2 unspecified atom stereocenters. The van der Waals surface area contributed by atoms with E-state index in [1.165, 1.54) is 13.2 Å². The highest BCUT2D eigenvalue weighted by Gasteiger charge is 2.33. The molecule has 0 aliphatic rings. The predicted molar refractivity (Wildman–Crippen MR) is 120 cm³/mol. The molecule has 0 radical (unpaired) electrons. The second-order valence-corrected chi connectivity index (χ2v) is 7.51. The Labute approximate surface area is 183 Å². The number of carbonyl (C=O) groups excluding carboxylic acids is 2. The van der Waals surface area contributed by atoms with Crippen molar-refractivity contribution in [2.75, 3.05) is 20.3 Å². The van der Waals surface area contributed by atoms with E-state index in [0.29, 0.717) is 24.2 Å². The fourth-order valence-electron chi connectivity index (χ4n) is 3.69. The van der Waals surface area contributed by atoms with Gasteiger partial charge in [0.1, 0.15) is 11.9 Å². The topological polar surface area (TPSA) is 95.9 Å². The van der Waals surface area contributed by atoms with Crippen molar-refractivity contribution in [3.8, 4) is 5.75 Å². The highest BCUT2D eigenvalue weighted by molar-refractivity contribution is 5.97. The van der Waals surface area contributed by atoms with Gasteiger partial charge < -0.3 is 20.3 Å². The van der Waals surface area contributed by atoms with Crippen LogP contribution in [0.5, 0.6) is 5.75 Å². The van der Waals surface area contributed by atoms with Crippen LogP contribution in [0.1, 0.15) is 41.6 Å². The number of hydrogen-bond acceptors (Lipinski definition) is 5. The fraction of sp³-hybridized carbons (Fsp3) is 0.360. The van der Waals surface area contributed by atoms with Gasteiger partial charge in [-0.15, -0.1) is 6.58 Å². The molecule has 2 rings (SSSR count). The Bertz CT molecular complexity index is 867. The molecule has 0 spiro atoms. The van der Waals surface area contributed by atoms with E-state index in [0.717, 1.165) is 5.56 Å². The molecule has 0 aliphatic carbocycles. The first-order chi connectivity index (χ1) is 15.0. The maximum Gasteiger partial charge on any atom is 0.255 e. The van der Waals surface area contributed by atoms with Crippen molar-refractivity contribution in [1.82, 2.24) is 5.32 Å². The first-order valence-corrected chi connectivity index (χ1v) is 10.4. The summed E-state index contributed by atoms with van der Waals surface area (Å²) in [5.74, 6) is -0.113. The van der Waals surface area contributed by atoms with Gasteiger partial charge in [-0.05, 0) is 37.0 Å². The summed E-state index contributed by atoms with van der Waals surface area (Å²) >= 11 is 0. The predicted octanol–water partition coefficient (Wildman–Crippen LogP) is 3.03. The van der Waals surface area contributed by atoms with E-state index in [-0.39, 0.29) is 37.7 Å². The van der Waals surface area contributed by atoms with Crippen LogP contribution in [0.15, 0.2) is 67.3 Å². The Kier molecular flexibility index (Phi) is 9.43. The van der Waals surface area contributed by atoms with Crippen molar-refractivity contribution in [2.45, 2.75) is 37.2 Å². The quantitative estimate of drug-likeness (QED) is 0.429. The normalized spacial score (nSPS) is 13.6. The second-order valence-electron chi connectivity index (χ2n) is 7.51. The van der Waals surface area contributed by atoms with Crippen LogP contribution in [-0.4, -0.2) is 48.3 Å². The number of methoxy groups -OCH3 is 1. The molecule has 2 atom stereocenters. The van der Waals surface area contributed by atoms with E-state index in [2.05, 4.69) is 11.9 Å². The van der Waals surface area contributed by atoms with Crippen LogP contribution in [0, 0.1) is 0 Å². The summed E-state index contributed by atoms with van der Waals surface area (Å²) in [6.45, 7) is 3.67. The Morgan fingerprint density at radius 3 is 2.45 bits per heavy atom. The van der Waals surface area contributed by atoms with Crippen LogP contribution < -0.4 is 10.1 Å². The molecular formula is C25H31NO5. The van der Waals surface area contributed by atoms with Crippen LogP contribution >= 0.6 is 0 Å². The molecule has 0 bridgehead atoms. The highest BCUT2D eigenvalue weighted by Crippen LogP contribution is 2.33. The average Bonchev–Trinajstić information content (AvgIpc) is 2.81. The summed E-state index contributed by atoms with van der Waals surface area (Å²) in [6.07, 6.45) is 1.46. The van der Waals surface area contributed by atoms with Crippen LogP contribution in [0.2, 0.25) is 0 Å². The summed E-state index contributed by atoms with van der Waals surface area (Å²) in [4.78, 5) is 25.3. The number of benzene rings is 2. The summed E-state index contributed by atoms with van der Waals surface area (Å²) < 4.78 is 5.28. The number of Topliss-reactive ketones (excluding diaryl/α,β-unsaturated/α-hetero) is 1. The van der Waals surface area contributed by atoms with Gasteiger partial charge in [-0.1, -0.05) is 48.5 Å². The molecule has 1 amide bonds.